The van der Waals surface area contributed by atoms with Crippen LogP contribution >= 0.6 is 11.6 Å². The molecule has 0 spiro atoms. The smallest absolute Gasteiger partial charge is 0.170 e. The molecule has 1 aromatic heterocycles. The predicted octanol–water partition coefficient (Wildman–Crippen LogP) is 4.01. The SMILES string of the molecule is COc1cc(OC)c2[nH]c3c(OC)cc(Cl)cc3c2c1OC. The molecule has 0 radical (unpaired) electrons. The van der Waals surface area contributed by atoms with Crippen LogP contribution in [0.5, 0.6) is 23.0 Å². The predicted molar refractivity (Wildman–Crippen MR) is 87.0 cm³/mol. The quantitative estimate of drug-likeness (QED) is 0.789. The van der Waals surface area contributed by atoms with E-state index in [2.05, 4.69) is 4.98 Å². The van der Waals surface area contributed by atoms with Gasteiger partial charge >= 0.3 is 0 Å². The van der Waals surface area contributed by atoms with Crippen molar-refractivity contribution in [2.75, 3.05) is 28.4 Å². The number of aromatic nitrogens is 1. The lowest BCUT2D eigenvalue weighted by Crippen LogP contribution is -1.93. The maximum Gasteiger partial charge on any atom is 0.170 e. The number of fused-ring (bicyclic) bond motifs is 3. The highest BCUT2D eigenvalue weighted by Crippen LogP contribution is 2.46. The Morgan fingerprint density at radius 3 is 2.00 bits per heavy atom. The van der Waals surface area contributed by atoms with Crippen molar-refractivity contribution < 1.29 is 18.9 Å². The lowest BCUT2D eigenvalue weighted by molar-refractivity contribution is 0.354. The first-order valence-electron chi connectivity index (χ1n) is 6.62. The van der Waals surface area contributed by atoms with Crippen molar-refractivity contribution in [2.45, 2.75) is 0 Å². The van der Waals surface area contributed by atoms with Gasteiger partial charge < -0.3 is 23.9 Å². The van der Waals surface area contributed by atoms with E-state index >= 15 is 0 Å². The highest BCUT2D eigenvalue weighted by atomic mass is 35.5. The van der Waals surface area contributed by atoms with Gasteiger partial charge in [0.1, 0.15) is 11.5 Å². The van der Waals surface area contributed by atoms with Gasteiger partial charge in [-0.2, -0.15) is 0 Å². The van der Waals surface area contributed by atoms with Crippen LogP contribution in [0.25, 0.3) is 21.8 Å². The van der Waals surface area contributed by atoms with Crippen LogP contribution in [0, 0.1) is 0 Å². The molecular formula is C16H16ClNO4. The van der Waals surface area contributed by atoms with Crippen LogP contribution in [0.15, 0.2) is 18.2 Å². The molecule has 5 nitrogen and oxygen atoms in total. The molecule has 0 amide bonds. The second-order valence-electron chi connectivity index (χ2n) is 4.72. The number of ether oxygens (including phenoxy) is 4. The Bertz CT molecular complexity index is 857. The third-order valence-corrected chi connectivity index (χ3v) is 3.88. The number of rotatable bonds is 4. The Labute approximate surface area is 132 Å². The summed E-state index contributed by atoms with van der Waals surface area (Å²) in [5, 5.41) is 2.30. The molecule has 3 rings (SSSR count). The summed E-state index contributed by atoms with van der Waals surface area (Å²) in [4.78, 5) is 3.33. The minimum atomic E-state index is 0.578. The molecule has 0 bridgehead atoms. The molecule has 0 atom stereocenters. The van der Waals surface area contributed by atoms with Gasteiger partial charge in [-0.3, -0.25) is 0 Å². The molecule has 0 saturated heterocycles. The van der Waals surface area contributed by atoms with E-state index in [9.17, 15) is 0 Å². The summed E-state index contributed by atoms with van der Waals surface area (Å²) in [6.07, 6.45) is 0. The molecular weight excluding hydrogens is 306 g/mol. The lowest BCUT2D eigenvalue weighted by atomic mass is 10.1. The number of methoxy groups -OCH3 is 4. The van der Waals surface area contributed by atoms with Gasteiger partial charge in [-0.05, 0) is 6.07 Å². The third kappa shape index (κ3) is 2.01. The van der Waals surface area contributed by atoms with Crippen molar-refractivity contribution in [1.29, 1.82) is 0 Å². The number of aromatic amines is 1. The summed E-state index contributed by atoms with van der Waals surface area (Å²) in [5.74, 6) is 2.52. The number of halogens is 1. The average Bonchev–Trinajstić information content (AvgIpc) is 2.91. The molecule has 2 aromatic carbocycles. The van der Waals surface area contributed by atoms with Crippen LogP contribution in [0.3, 0.4) is 0 Å². The van der Waals surface area contributed by atoms with E-state index < -0.39 is 0 Å². The van der Waals surface area contributed by atoms with Gasteiger partial charge in [-0.25, -0.2) is 0 Å². The lowest BCUT2D eigenvalue weighted by Gasteiger charge is -2.11. The van der Waals surface area contributed by atoms with Crippen LogP contribution in [-0.2, 0) is 0 Å². The molecule has 116 valence electrons. The Hall–Kier alpha value is -2.27. The van der Waals surface area contributed by atoms with Gasteiger partial charge in [0.15, 0.2) is 11.5 Å². The van der Waals surface area contributed by atoms with Crippen LogP contribution in [0.4, 0.5) is 0 Å². The van der Waals surface area contributed by atoms with Crippen LogP contribution in [-0.4, -0.2) is 33.4 Å². The van der Waals surface area contributed by atoms with Crippen molar-refractivity contribution >= 4 is 33.4 Å². The molecule has 1 N–H and O–H groups in total. The average molecular weight is 322 g/mol. The first-order chi connectivity index (χ1) is 10.6. The van der Waals surface area contributed by atoms with E-state index in [4.69, 9.17) is 30.5 Å². The minimum absolute atomic E-state index is 0.578. The molecule has 3 aromatic rings. The van der Waals surface area contributed by atoms with Crippen molar-refractivity contribution in [1.82, 2.24) is 4.98 Å². The largest absolute Gasteiger partial charge is 0.495 e. The Morgan fingerprint density at radius 1 is 0.773 bits per heavy atom. The zero-order valence-corrected chi connectivity index (χ0v) is 13.5. The summed E-state index contributed by atoms with van der Waals surface area (Å²) in [7, 11) is 6.40. The van der Waals surface area contributed by atoms with Gasteiger partial charge in [0, 0.05) is 22.5 Å². The fraction of sp³-hybridized carbons (Fsp3) is 0.250. The van der Waals surface area contributed by atoms with Crippen LogP contribution < -0.4 is 18.9 Å². The van der Waals surface area contributed by atoms with Crippen molar-refractivity contribution in [3.8, 4) is 23.0 Å². The standard InChI is InChI=1S/C16H16ClNO4/c1-19-10-6-8(17)5-9-13-15(18-14(9)10)11(20-2)7-12(21-3)16(13)22-4/h5-7,18H,1-4H3. The molecule has 0 unspecified atom stereocenters. The van der Waals surface area contributed by atoms with Crippen molar-refractivity contribution in [3.05, 3.63) is 23.2 Å². The van der Waals surface area contributed by atoms with Crippen LogP contribution in [0.1, 0.15) is 0 Å². The molecule has 0 fully saturated rings. The number of nitrogens with one attached hydrogen (secondary N) is 1. The minimum Gasteiger partial charge on any atom is -0.495 e. The highest BCUT2D eigenvalue weighted by molar-refractivity contribution is 6.32. The van der Waals surface area contributed by atoms with E-state index in [1.165, 1.54) is 0 Å². The highest BCUT2D eigenvalue weighted by Gasteiger charge is 2.21. The molecule has 6 heteroatoms. The number of hydrogen-bond donors (Lipinski definition) is 1. The zero-order valence-electron chi connectivity index (χ0n) is 12.7. The summed E-state index contributed by atoms with van der Waals surface area (Å²) in [5.41, 5.74) is 1.63. The molecule has 1 heterocycles. The van der Waals surface area contributed by atoms with E-state index in [-0.39, 0.29) is 0 Å². The fourth-order valence-corrected chi connectivity index (χ4v) is 2.92. The molecule has 22 heavy (non-hydrogen) atoms. The van der Waals surface area contributed by atoms with Gasteiger partial charge in [0.25, 0.3) is 0 Å². The second kappa shape index (κ2) is 5.50. The van der Waals surface area contributed by atoms with Crippen molar-refractivity contribution in [3.63, 3.8) is 0 Å². The summed E-state index contributed by atoms with van der Waals surface area (Å²) < 4.78 is 21.8. The van der Waals surface area contributed by atoms with E-state index in [0.29, 0.717) is 28.0 Å². The van der Waals surface area contributed by atoms with Gasteiger partial charge in [-0.15, -0.1) is 0 Å². The topological polar surface area (TPSA) is 52.7 Å². The number of H-pyrrole nitrogens is 1. The first kappa shape index (κ1) is 14.7. The monoisotopic (exact) mass is 321 g/mol. The first-order valence-corrected chi connectivity index (χ1v) is 7.00. The van der Waals surface area contributed by atoms with Gasteiger partial charge in [0.05, 0.1) is 44.9 Å². The summed E-state index contributed by atoms with van der Waals surface area (Å²) in [6, 6.07) is 5.40. The van der Waals surface area contributed by atoms with E-state index in [1.807, 2.05) is 6.07 Å². The Balaban J connectivity index is 2.56. The zero-order chi connectivity index (χ0) is 15.9. The third-order valence-electron chi connectivity index (χ3n) is 3.66. The number of hydrogen-bond acceptors (Lipinski definition) is 4. The maximum absolute atomic E-state index is 6.21. The Morgan fingerprint density at radius 2 is 1.41 bits per heavy atom. The van der Waals surface area contributed by atoms with Gasteiger partial charge in [0.2, 0.25) is 0 Å². The molecule has 0 aliphatic heterocycles. The number of benzene rings is 2. The summed E-state index contributed by atoms with van der Waals surface area (Å²) in [6.45, 7) is 0. The molecule has 0 aliphatic carbocycles. The molecule has 0 aliphatic rings. The summed E-state index contributed by atoms with van der Waals surface area (Å²) >= 11 is 6.21. The van der Waals surface area contributed by atoms with E-state index in [1.54, 1.807) is 40.6 Å². The van der Waals surface area contributed by atoms with E-state index in [0.717, 1.165) is 21.8 Å². The fourth-order valence-electron chi connectivity index (χ4n) is 2.71. The maximum atomic E-state index is 6.21. The Kier molecular flexibility index (Phi) is 3.66. The van der Waals surface area contributed by atoms with Crippen LogP contribution in [0.2, 0.25) is 5.02 Å². The van der Waals surface area contributed by atoms with Crippen molar-refractivity contribution in [2.24, 2.45) is 0 Å². The van der Waals surface area contributed by atoms with Gasteiger partial charge in [-0.1, -0.05) is 11.6 Å². The normalized spacial score (nSPS) is 11.0. The second-order valence-corrected chi connectivity index (χ2v) is 5.16. The molecule has 0 saturated carbocycles.